The summed E-state index contributed by atoms with van der Waals surface area (Å²) in [5.74, 6) is -1.52. The Morgan fingerprint density at radius 3 is 1.47 bits per heavy atom. The van der Waals surface area contributed by atoms with Crippen LogP contribution in [0.25, 0.3) is 0 Å². The van der Waals surface area contributed by atoms with Gasteiger partial charge >= 0.3 is 17.9 Å². The van der Waals surface area contributed by atoms with E-state index in [4.69, 9.17) is 14.2 Å². The van der Waals surface area contributed by atoms with Crippen molar-refractivity contribution in [2.75, 3.05) is 41.0 Å². The van der Waals surface area contributed by atoms with Crippen molar-refractivity contribution in [2.24, 2.45) is 0 Å². The molecule has 0 bridgehead atoms. The smallest absolute Gasteiger partial charge is 0.362 e. The molecule has 0 aliphatic carbocycles. The summed E-state index contributed by atoms with van der Waals surface area (Å²) in [7, 11) is 5.51. The minimum atomic E-state index is -0.883. The summed E-state index contributed by atoms with van der Waals surface area (Å²) >= 11 is 0. The van der Waals surface area contributed by atoms with Crippen molar-refractivity contribution in [2.45, 2.75) is 206 Å². The van der Waals surface area contributed by atoms with Gasteiger partial charge in [0.25, 0.3) is 0 Å². The highest BCUT2D eigenvalue weighted by molar-refractivity contribution is 5.72. The summed E-state index contributed by atoms with van der Waals surface area (Å²) in [5, 5.41) is 9.63. The van der Waals surface area contributed by atoms with E-state index in [9.17, 15) is 19.5 Å². The number of rotatable bonds is 42. The predicted octanol–water partition coefficient (Wildman–Crippen LogP) is 13.4. The summed E-state index contributed by atoms with van der Waals surface area (Å²) in [6.07, 6.45) is 51.4. The first-order chi connectivity index (χ1) is 28.6. The van der Waals surface area contributed by atoms with Crippen LogP contribution in [0.2, 0.25) is 0 Å². The molecule has 0 aromatic rings. The lowest BCUT2D eigenvalue weighted by atomic mass is 10.0. The number of ether oxygens (including phenoxy) is 3. The number of quaternary nitrogens is 1. The number of carbonyl (C=O) groups is 3. The molecule has 0 rings (SSSR count). The van der Waals surface area contributed by atoms with Crippen molar-refractivity contribution in [3.05, 3.63) is 60.8 Å². The van der Waals surface area contributed by atoms with Gasteiger partial charge in [0.1, 0.15) is 6.61 Å². The number of esters is 2. The minimum absolute atomic E-state index is 0.0447. The Morgan fingerprint density at radius 2 is 0.966 bits per heavy atom. The Morgan fingerprint density at radius 1 is 0.525 bits per heavy atom. The predicted molar refractivity (Wildman–Crippen MR) is 247 cm³/mol. The lowest BCUT2D eigenvalue weighted by Gasteiger charge is -2.31. The monoisotopic (exact) mass is 829 g/mol. The first-order valence-electron chi connectivity index (χ1n) is 23.9. The van der Waals surface area contributed by atoms with E-state index in [0.717, 1.165) is 51.4 Å². The third-order valence-electron chi connectivity index (χ3n) is 10.5. The van der Waals surface area contributed by atoms with Gasteiger partial charge in [0.15, 0.2) is 12.1 Å². The van der Waals surface area contributed by atoms with Gasteiger partial charge in [-0.25, -0.2) is 4.79 Å². The zero-order valence-corrected chi connectivity index (χ0v) is 38.7. The molecule has 8 heteroatoms. The number of carboxylic acid groups (broad SMARTS) is 1. The lowest BCUT2D eigenvalue weighted by Crippen LogP contribution is -2.50. The average molecular weight is 829 g/mol. The summed E-state index contributed by atoms with van der Waals surface area (Å²) in [5.41, 5.74) is 0. The minimum Gasteiger partial charge on any atom is -0.477 e. The van der Waals surface area contributed by atoms with Gasteiger partial charge in [0.2, 0.25) is 0 Å². The van der Waals surface area contributed by atoms with Crippen molar-refractivity contribution < 1.29 is 38.2 Å². The Bertz CT molecular complexity index is 1150. The highest BCUT2D eigenvalue weighted by Crippen LogP contribution is 2.15. The number of likely N-dealkylation sites (N-methyl/N-ethyl adjacent to an activating group) is 1. The van der Waals surface area contributed by atoms with Crippen LogP contribution in [0.4, 0.5) is 0 Å². The van der Waals surface area contributed by atoms with Crippen LogP contribution in [0.5, 0.6) is 0 Å². The van der Waals surface area contributed by atoms with Crippen molar-refractivity contribution in [1.29, 1.82) is 0 Å². The third-order valence-corrected chi connectivity index (χ3v) is 10.5. The van der Waals surface area contributed by atoms with Crippen LogP contribution in [-0.4, -0.2) is 80.6 Å². The van der Waals surface area contributed by atoms with E-state index in [-0.39, 0.29) is 36.2 Å². The highest BCUT2D eigenvalue weighted by Gasteiger charge is 2.31. The van der Waals surface area contributed by atoms with Crippen LogP contribution in [0, 0.1) is 0 Å². The fourth-order valence-electron chi connectivity index (χ4n) is 6.80. The van der Waals surface area contributed by atoms with Crippen molar-refractivity contribution >= 4 is 17.9 Å². The number of nitrogens with zero attached hydrogens (tertiary/aromatic N) is 1. The molecule has 0 amide bonds. The average Bonchev–Trinajstić information content (AvgIpc) is 3.19. The first-order valence-corrected chi connectivity index (χ1v) is 23.9. The molecule has 0 saturated carbocycles. The van der Waals surface area contributed by atoms with Crippen LogP contribution in [-0.2, 0) is 28.6 Å². The van der Waals surface area contributed by atoms with Gasteiger partial charge in [-0.3, -0.25) is 9.59 Å². The number of hydrogen-bond donors (Lipinski definition) is 1. The summed E-state index contributed by atoms with van der Waals surface area (Å²) in [4.78, 5) is 37.0. The molecule has 340 valence electrons. The number of aliphatic carboxylic acids is 1. The van der Waals surface area contributed by atoms with Gasteiger partial charge in [0, 0.05) is 19.3 Å². The molecule has 2 unspecified atom stereocenters. The summed E-state index contributed by atoms with van der Waals surface area (Å²) in [6, 6.07) is -0.623. The number of carbonyl (C=O) groups excluding carboxylic acids is 2. The van der Waals surface area contributed by atoms with E-state index < -0.39 is 18.1 Å². The maximum Gasteiger partial charge on any atom is 0.362 e. The standard InChI is InChI=1S/C51H89NO7/c1-6-8-10-12-14-16-18-20-21-22-23-24-25-26-27-28-30-32-34-36-38-40-42-50(54)59-47(45-57-44-43-48(51(55)56)52(3,4)5)46-58-49(53)41-39-37-35-33-31-29-19-17-15-13-11-9-7-2/h9,11,13,15,17,19,25-26,29,31,47-48H,6-8,10,12,14,16,18,20-24,27-28,30,32-46H2,1-5H3/p+1/b11-9+,15-13+,19-17+,26-25+,31-29+. The largest absolute Gasteiger partial charge is 0.477 e. The molecule has 59 heavy (non-hydrogen) atoms. The maximum atomic E-state index is 12.8. The van der Waals surface area contributed by atoms with Crippen molar-refractivity contribution in [3.8, 4) is 0 Å². The van der Waals surface area contributed by atoms with Gasteiger partial charge in [0.05, 0.1) is 34.4 Å². The number of carboxylic acids is 1. The topological polar surface area (TPSA) is 99.1 Å². The molecule has 1 N–H and O–H groups in total. The SMILES string of the molecule is CC/C=C/C=C/C=C/C=C/CCCCCC(=O)OCC(COCCC(C(=O)O)[N+](C)(C)C)OC(=O)CCCCCCCCC/C=C/CCCCCCCCCCCCC. The highest BCUT2D eigenvalue weighted by atomic mass is 16.6. The molecule has 0 spiro atoms. The van der Waals surface area contributed by atoms with Gasteiger partial charge in [-0.2, -0.15) is 0 Å². The Hall–Kier alpha value is -2.97. The molecule has 0 radical (unpaired) electrons. The quantitative estimate of drug-likeness (QED) is 0.0215. The Balaban J connectivity index is 4.29. The summed E-state index contributed by atoms with van der Waals surface area (Å²) < 4.78 is 17.3. The zero-order valence-electron chi connectivity index (χ0n) is 38.7. The number of unbranched alkanes of at least 4 members (excludes halogenated alkanes) is 21. The molecular formula is C51H90NO7+. The molecule has 0 aromatic heterocycles. The molecule has 8 nitrogen and oxygen atoms in total. The second-order valence-electron chi connectivity index (χ2n) is 17.1. The van der Waals surface area contributed by atoms with E-state index in [1.807, 2.05) is 57.6 Å². The second kappa shape index (κ2) is 41.8. The van der Waals surface area contributed by atoms with Crippen molar-refractivity contribution in [1.82, 2.24) is 0 Å². The lowest BCUT2D eigenvalue weighted by molar-refractivity contribution is -0.887. The molecule has 2 atom stereocenters. The molecule has 0 heterocycles. The van der Waals surface area contributed by atoms with Crippen molar-refractivity contribution in [3.63, 3.8) is 0 Å². The van der Waals surface area contributed by atoms with E-state index in [1.54, 1.807) is 0 Å². The fraction of sp³-hybridized carbons (Fsp3) is 0.745. The molecular weight excluding hydrogens is 739 g/mol. The van der Waals surface area contributed by atoms with Crippen LogP contribution in [0.1, 0.15) is 194 Å². The van der Waals surface area contributed by atoms with Crippen LogP contribution < -0.4 is 0 Å². The van der Waals surface area contributed by atoms with Gasteiger partial charge in [-0.05, 0) is 57.8 Å². The van der Waals surface area contributed by atoms with Gasteiger partial charge in [-0.15, -0.1) is 0 Å². The Kier molecular flexibility index (Phi) is 39.6. The van der Waals surface area contributed by atoms with E-state index in [1.165, 1.54) is 109 Å². The van der Waals surface area contributed by atoms with E-state index in [2.05, 4.69) is 38.2 Å². The zero-order chi connectivity index (χ0) is 43.5. The third kappa shape index (κ3) is 40.2. The van der Waals surface area contributed by atoms with E-state index >= 15 is 0 Å². The first kappa shape index (κ1) is 56.0. The van der Waals surface area contributed by atoms with Gasteiger partial charge < -0.3 is 23.8 Å². The number of hydrogen-bond acceptors (Lipinski definition) is 6. The molecule has 0 fully saturated rings. The molecule has 0 aliphatic rings. The van der Waals surface area contributed by atoms with E-state index in [0.29, 0.717) is 19.3 Å². The van der Waals surface area contributed by atoms with Crippen LogP contribution >= 0.6 is 0 Å². The molecule has 0 aliphatic heterocycles. The normalized spacial score (nSPS) is 13.4. The van der Waals surface area contributed by atoms with Crippen LogP contribution in [0.3, 0.4) is 0 Å². The number of allylic oxidation sites excluding steroid dienone is 10. The molecule has 0 aromatic carbocycles. The maximum absolute atomic E-state index is 12.8. The second-order valence-corrected chi connectivity index (χ2v) is 17.1. The summed E-state index contributed by atoms with van der Waals surface area (Å²) in [6.45, 7) is 4.55. The van der Waals surface area contributed by atoms with Gasteiger partial charge in [-0.1, -0.05) is 177 Å². The Labute approximate surface area is 362 Å². The van der Waals surface area contributed by atoms with Crippen LogP contribution in [0.15, 0.2) is 60.8 Å². The fourth-order valence-corrected chi connectivity index (χ4v) is 6.80. The molecule has 0 saturated heterocycles.